The van der Waals surface area contributed by atoms with E-state index in [0.29, 0.717) is 17.1 Å². The van der Waals surface area contributed by atoms with Crippen LogP contribution in [0.25, 0.3) is 0 Å². The van der Waals surface area contributed by atoms with Crippen LogP contribution in [0.15, 0.2) is 73.1 Å². The zero-order valence-electron chi connectivity index (χ0n) is 16.4. The number of hydrogen-bond donors (Lipinski definition) is 1. The van der Waals surface area contributed by atoms with Crippen molar-refractivity contribution in [2.45, 2.75) is 11.5 Å². The number of nitrogens with one attached hydrogen (secondary N) is 1. The summed E-state index contributed by atoms with van der Waals surface area (Å²) < 4.78 is 0. The molecule has 5 nitrogen and oxygen atoms in total. The average Bonchev–Trinajstić information content (AvgIpc) is 3.24. The van der Waals surface area contributed by atoms with E-state index < -0.39 is 11.5 Å². The number of pyridine rings is 1. The fourth-order valence-corrected chi connectivity index (χ4v) is 5.22. The molecule has 0 bridgehead atoms. The van der Waals surface area contributed by atoms with Gasteiger partial charge in [-0.05, 0) is 42.9 Å². The second-order valence-corrected chi connectivity index (χ2v) is 8.32. The average molecular weight is 418 g/mol. The van der Waals surface area contributed by atoms with Crippen LogP contribution in [0.2, 0.25) is 5.02 Å². The molecule has 150 valence electrons. The molecule has 3 atom stereocenters. The second-order valence-electron chi connectivity index (χ2n) is 7.89. The van der Waals surface area contributed by atoms with Crippen LogP contribution >= 0.6 is 11.6 Å². The SMILES string of the molecule is CN1C[C@H](c2ccc(Cl)cc2)[C@H](C(=O)c2cccnc2)[C@@]12C(=O)Nc1ccccc12. The summed E-state index contributed by atoms with van der Waals surface area (Å²) in [5, 5.41) is 3.65. The maximum Gasteiger partial charge on any atom is 0.250 e. The van der Waals surface area contributed by atoms with E-state index >= 15 is 0 Å². The molecule has 2 aliphatic heterocycles. The van der Waals surface area contributed by atoms with Crippen molar-refractivity contribution in [1.82, 2.24) is 9.88 Å². The van der Waals surface area contributed by atoms with Gasteiger partial charge < -0.3 is 5.32 Å². The van der Waals surface area contributed by atoms with Crippen LogP contribution in [0.1, 0.15) is 27.4 Å². The predicted molar refractivity (Wildman–Crippen MR) is 116 cm³/mol. The number of likely N-dealkylation sites (tertiary alicyclic amines) is 1. The predicted octanol–water partition coefficient (Wildman–Crippen LogP) is 4.11. The molecule has 1 aromatic heterocycles. The number of likely N-dealkylation sites (N-methyl/N-ethyl adjacent to an activating group) is 1. The van der Waals surface area contributed by atoms with Gasteiger partial charge in [0.05, 0.1) is 5.92 Å². The zero-order valence-corrected chi connectivity index (χ0v) is 17.1. The summed E-state index contributed by atoms with van der Waals surface area (Å²) in [4.78, 5) is 33.5. The number of Topliss-reactive ketones (excluding diaryl/α,β-unsaturated/α-hetero) is 1. The van der Waals surface area contributed by atoms with Crippen molar-refractivity contribution in [1.29, 1.82) is 0 Å². The monoisotopic (exact) mass is 417 g/mol. The normalized spacial score (nSPS) is 25.3. The lowest BCUT2D eigenvalue weighted by Crippen LogP contribution is -2.51. The quantitative estimate of drug-likeness (QED) is 0.651. The standard InChI is InChI=1S/C24H20ClN3O2/c1-28-14-18(15-8-10-17(25)11-9-15)21(22(29)16-5-4-12-26-13-16)24(28)19-6-2-3-7-20(19)27-23(24)30/h2-13,18,21H,14H2,1H3,(H,27,30)/t18-,21-,24+/m1/s1. The number of ketones is 1. The first-order chi connectivity index (χ1) is 14.5. The number of fused-ring (bicyclic) bond motifs is 2. The fraction of sp³-hybridized carbons (Fsp3) is 0.208. The maximum absolute atomic E-state index is 13.9. The van der Waals surface area contributed by atoms with Crippen molar-refractivity contribution in [3.05, 3.63) is 94.8 Å². The van der Waals surface area contributed by atoms with Gasteiger partial charge in [0, 0.05) is 46.7 Å². The van der Waals surface area contributed by atoms with Crippen LogP contribution in [0, 0.1) is 5.92 Å². The van der Waals surface area contributed by atoms with Crippen molar-refractivity contribution < 1.29 is 9.59 Å². The molecule has 30 heavy (non-hydrogen) atoms. The van der Waals surface area contributed by atoms with Crippen molar-refractivity contribution in [3.63, 3.8) is 0 Å². The van der Waals surface area contributed by atoms with E-state index in [-0.39, 0.29) is 17.6 Å². The largest absolute Gasteiger partial charge is 0.324 e. The highest BCUT2D eigenvalue weighted by atomic mass is 35.5. The van der Waals surface area contributed by atoms with Gasteiger partial charge in [-0.1, -0.05) is 41.9 Å². The Hall–Kier alpha value is -3.02. The summed E-state index contributed by atoms with van der Waals surface area (Å²) in [6.07, 6.45) is 3.22. The molecule has 1 fully saturated rings. The van der Waals surface area contributed by atoms with Crippen LogP contribution in [0.3, 0.4) is 0 Å². The molecule has 1 N–H and O–H groups in total. The van der Waals surface area contributed by atoms with E-state index in [1.54, 1.807) is 24.5 Å². The van der Waals surface area contributed by atoms with Crippen LogP contribution in [0.4, 0.5) is 5.69 Å². The number of carbonyl (C=O) groups is 2. The van der Waals surface area contributed by atoms with Gasteiger partial charge in [-0.25, -0.2) is 0 Å². The number of nitrogens with zero attached hydrogens (tertiary/aromatic N) is 2. The van der Waals surface area contributed by atoms with Gasteiger partial charge in [0.2, 0.25) is 5.91 Å². The van der Waals surface area contributed by atoms with Gasteiger partial charge in [0.15, 0.2) is 5.78 Å². The molecule has 0 saturated carbocycles. The Morgan fingerprint density at radius 3 is 2.63 bits per heavy atom. The van der Waals surface area contributed by atoms with E-state index in [4.69, 9.17) is 11.6 Å². The first kappa shape index (κ1) is 19.0. The number of rotatable bonds is 3. The third-order valence-corrected chi connectivity index (χ3v) is 6.64. The minimum atomic E-state index is -1.08. The van der Waals surface area contributed by atoms with Crippen LogP contribution in [0.5, 0.6) is 0 Å². The molecule has 3 heterocycles. The van der Waals surface area contributed by atoms with Crippen LogP contribution in [-0.4, -0.2) is 35.2 Å². The van der Waals surface area contributed by atoms with Gasteiger partial charge in [-0.15, -0.1) is 0 Å². The molecular formula is C24H20ClN3O2. The summed E-state index contributed by atoms with van der Waals surface area (Å²) >= 11 is 6.10. The molecule has 2 aliphatic rings. The first-order valence-electron chi connectivity index (χ1n) is 9.85. The number of anilines is 1. The Morgan fingerprint density at radius 2 is 1.90 bits per heavy atom. The molecule has 0 unspecified atom stereocenters. The van der Waals surface area contributed by atoms with E-state index in [1.165, 1.54) is 0 Å². The van der Waals surface area contributed by atoms with E-state index in [9.17, 15) is 9.59 Å². The minimum absolute atomic E-state index is 0.0840. The highest BCUT2D eigenvalue weighted by Crippen LogP contribution is 2.55. The number of para-hydroxylation sites is 1. The Morgan fingerprint density at radius 1 is 1.13 bits per heavy atom. The second kappa shape index (κ2) is 7.04. The highest BCUT2D eigenvalue weighted by Gasteiger charge is 2.64. The molecule has 3 aromatic rings. The Labute approximate surface area is 179 Å². The van der Waals surface area contributed by atoms with Gasteiger partial charge in [-0.2, -0.15) is 0 Å². The van der Waals surface area contributed by atoms with Gasteiger partial charge >= 0.3 is 0 Å². The number of amides is 1. The summed E-state index contributed by atoms with van der Waals surface area (Å²) in [5.41, 5.74) is 2.02. The fourth-order valence-electron chi connectivity index (χ4n) is 5.09. The molecule has 2 aromatic carbocycles. The topological polar surface area (TPSA) is 62.3 Å². The van der Waals surface area contributed by atoms with E-state index in [0.717, 1.165) is 16.8 Å². The Balaban J connectivity index is 1.73. The molecule has 0 aliphatic carbocycles. The van der Waals surface area contributed by atoms with Crippen molar-refractivity contribution in [3.8, 4) is 0 Å². The van der Waals surface area contributed by atoms with Crippen molar-refractivity contribution in [2.75, 3.05) is 18.9 Å². The minimum Gasteiger partial charge on any atom is -0.324 e. The summed E-state index contributed by atoms with van der Waals surface area (Å²) in [5.74, 6) is -1.02. The smallest absolute Gasteiger partial charge is 0.250 e. The number of benzene rings is 2. The lowest BCUT2D eigenvalue weighted by molar-refractivity contribution is -0.126. The Bertz CT molecular complexity index is 1130. The summed E-state index contributed by atoms with van der Waals surface area (Å²) in [6.45, 7) is 0.569. The van der Waals surface area contributed by atoms with Gasteiger partial charge in [0.1, 0.15) is 5.54 Å². The van der Waals surface area contributed by atoms with Crippen LogP contribution in [-0.2, 0) is 10.3 Å². The third-order valence-electron chi connectivity index (χ3n) is 6.38. The lowest BCUT2D eigenvalue weighted by Gasteiger charge is -2.35. The molecule has 0 radical (unpaired) electrons. The zero-order chi connectivity index (χ0) is 20.9. The van der Waals surface area contributed by atoms with E-state index in [1.807, 2.05) is 60.5 Å². The van der Waals surface area contributed by atoms with Crippen LogP contribution < -0.4 is 5.32 Å². The number of carbonyl (C=O) groups excluding carboxylic acids is 2. The number of aromatic nitrogens is 1. The third kappa shape index (κ3) is 2.62. The van der Waals surface area contributed by atoms with Gasteiger partial charge in [0.25, 0.3) is 0 Å². The number of halogens is 1. The molecule has 1 saturated heterocycles. The first-order valence-corrected chi connectivity index (χ1v) is 10.2. The van der Waals surface area contributed by atoms with Gasteiger partial charge in [-0.3, -0.25) is 19.5 Å². The number of hydrogen-bond acceptors (Lipinski definition) is 4. The molecule has 5 rings (SSSR count). The maximum atomic E-state index is 13.9. The molecule has 1 spiro atoms. The van der Waals surface area contributed by atoms with Crippen molar-refractivity contribution in [2.24, 2.45) is 5.92 Å². The van der Waals surface area contributed by atoms with Crippen molar-refractivity contribution >= 4 is 29.0 Å². The lowest BCUT2D eigenvalue weighted by atomic mass is 9.70. The van der Waals surface area contributed by atoms with E-state index in [2.05, 4.69) is 10.3 Å². The molecular weight excluding hydrogens is 398 g/mol. The molecule has 6 heteroatoms. The molecule has 1 amide bonds. The Kier molecular flexibility index (Phi) is 4.45. The summed E-state index contributed by atoms with van der Waals surface area (Å²) in [6, 6.07) is 18.7. The highest BCUT2D eigenvalue weighted by molar-refractivity contribution is 6.30. The summed E-state index contributed by atoms with van der Waals surface area (Å²) in [7, 11) is 1.92.